The van der Waals surface area contributed by atoms with Gasteiger partial charge in [-0.1, -0.05) is 6.07 Å². The maximum atomic E-state index is 12.4. The van der Waals surface area contributed by atoms with Crippen molar-refractivity contribution in [2.75, 3.05) is 0 Å². The molecule has 6 heteroatoms. The van der Waals surface area contributed by atoms with Crippen LogP contribution in [0.25, 0.3) is 0 Å². The van der Waals surface area contributed by atoms with Crippen LogP contribution in [0.2, 0.25) is 0 Å². The standard InChI is InChI=1S/C15H20N2O3S/c1-9(7-11-3-2-6-21-11)16-15(20)17-10-4-5-13(17)12(8-10)14(18)19/h2-3,6,9-10,12-13H,4-5,7-8H2,1H3,(H,16,20)(H,18,19). The number of thiophene rings is 1. The van der Waals surface area contributed by atoms with Gasteiger partial charge in [-0.05, 0) is 37.6 Å². The Kier molecular flexibility index (Phi) is 3.89. The first kappa shape index (κ1) is 14.4. The minimum atomic E-state index is -0.772. The lowest BCUT2D eigenvalue weighted by atomic mass is 9.89. The van der Waals surface area contributed by atoms with Gasteiger partial charge in [-0.15, -0.1) is 11.3 Å². The summed E-state index contributed by atoms with van der Waals surface area (Å²) in [6.07, 6.45) is 3.16. The number of hydrogen-bond acceptors (Lipinski definition) is 3. The van der Waals surface area contributed by atoms with E-state index in [4.69, 9.17) is 0 Å². The van der Waals surface area contributed by atoms with Crippen molar-refractivity contribution in [3.8, 4) is 0 Å². The predicted octanol–water partition coefficient (Wildman–Crippen LogP) is 2.33. The lowest BCUT2D eigenvalue weighted by Crippen LogP contribution is -2.47. The van der Waals surface area contributed by atoms with Crippen LogP contribution in [0.1, 0.15) is 31.1 Å². The molecule has 2 N–H and O–H groups in total. The van der Waals surface area contributed by atoms with Crippen LogP contribution in [-0.4, -0.2) is 40.1 Å². The zero-order chi connectivity index (χ0) is 15.0. The average molecular weight is 308 g/mol. The fourth-order valence-electron chi connectivity index (χ4n) is 3.64. The molecule has 2 bridgehead atoms. The fourth-order valence-corrected chi connectivity index (χ4v) is 4.47. The normalized spacial score (nSPS) is 28.6. The van der Waals surface area contributed by atoms with Gasteiger partial charge < -0.3 is 15.3 Å². The van der Waals surface area contributed by atoms with Gasteiger partial charge in [0.15, 0.2) is 0 Å². The second kappa shape index (κ2) is 5.67. The number of amides is 2. The molecule has 2 fully saturated rings. The molecule has 3 rings (SSSR count). The van der Waals surface area contributed by atoms with E-state index in [1.807, 2.05) is 18.4 Å². The number of carboxylic acid groups (broad SMARTS) is 1. The number of hydrogen-bond donors (Lipinski definition) is 2. The molecule has 0 spiro atoms. The highest BCUT2D eigenvalue weighted by molar-refractivity contribution is 7.09. The van der Waals surface area contributed by atoms with Crippen molar-refractivity contribution in [2.45, 2.75) is 50.7 Å². The molecule has 2 amide bonds. The molecule has 2 saturated heterocycles. The van der Waals surface area contributed by atoms with Crippen LogP contribution in [0.5, 0.6) is 0 Å². The molecule has 0 radical (unpaired) electrons. The number of carboxylic acids is 1. The quantitative estimate of drug-likeness (QED) is 0.897. The Morgan fingerprint density at radius 2 is 2.33 bits per heavy atom. The summed E-state index contributed by atoms with van der Waals surface area (Å²) in [5.41, 5.74) is 0. The molecule has 0 aromatic carbocycles. The van der Waals surface area contributed by atoms with Crippen LogP contribution in [0.3, 0.4) is 0 Å². The van der Waals surface area contributed by atoms with Gasteiger partial charge in [0.25, 0.3) is 0 Å². The molecule has 114 valence electrons. The lowest BCUT2D eigenvalue weighted by molar-refractivity contribution is -0.142. The van der Waals surface area contributed by atoms with E-state index in [1.54, 1.807) is 16.2 Å². The fraction of sp³-hybridized carbons (Fsp3) is 0.600. The minimum Gasteiger partial charge on any atom is -0.481 e. The Morgan fingerprint density at radius 1 is 1.52 bits per heavy atom. The number of rotatable bonds is 4. The molecular formula is C15H20N2O3S. The highest BCUT2D eigenvalue weighted by Crippen LogP contribution is 2.41. The number of nitrogens with zero attached hydrogens (tertiary/aromatic N) is 1. The minimum absolute atomic E-state index is 0.0550. The van der Waals surface area contributed by atoms with Crippen LogP contribution in [0.15, 0.2) is 17.5 Å². The largest absolute Gasteiger partial charge is 0.481 e. The topological polar surface area (TPSA) is 69.6 Å². The van der Waals surface area contributed by atoms with Crippen molar-refractivity contribution < 1.29 is 14.7 Å². The smallest absolute Gasteiger partial charge is 0.318 e. The molecule has 4 atom stereocenters. The van der Waals surface area contributed by atoms with E-state index in [0.29, 0.717) is 6.42 Å². The second-order valence-corrected chi connectivity index (χ2v) is 7.05. The molecule has 2 aliphatic rings. The number of nitrogens with one attached hydrogen (secondary N) is 1. The summed E-state index contributed by atoms with van der Waals surface area (Å²) in [6, 6.07) is 4.00. The van der Waals surface area contributed by atoms with Gasteiger partial charge in [0.2, 0.25) is 0 Å². The number of urea groups is 1. The van der Waals surface area contributed by atoms with Crippen molar-refractivity contribution in [3.63, 3.8) is 0 Å². The predicted molar refractivity (Wildman–Crippen MR) is 80.4 cm³/mol. The van der Waals surface area contributed by atoms with E-state index in [1.165, 1.54) is 4.88 Å². The Hall–Kier alpha value is -1.56. The van der Waals surface area contributed by atoms with Crippen molar-refractivity contribution >= 4 is 23.3 Å². The zero-order valence-corrected chi connectivity index (χ0v) is 12.8. The van der Waals surface area contributed by atoms with E-state index in [9.17, 15) is 14.7 Å². The first-order valence-electron chi connectivity index (χ1n) is 7.40. The van der Waals surface area contributed by atoms with Crippen molar-refractivity contribution in [1.82, 2.24) is 10.2 Å². The van der Waals surface area contributed by atoms with Crippen LogP contribution in [0.4, 0.5) is 4.79 Å². The van der Waals surface area contributed by atoms with Gasteiger partial charge in [0, 0.05) is 29.4 Å². The average Bonchev–Trinajstić information content (AvgIpc) is 3.12. The van der Waals surface area contributed by atoms with Gasteiger partial charge in [-0.2, -0.15) is 0 Å². The van der Waals surface area contributed by atoms with Crippen molar-refractivity contribution in [1.29, 1.82) is 0 Å². The third-order valence-electron chi connectivity index (χ3n) is 4.55. The number of aliphatic carboxylic acids is 1. The summed E-state index contributed by atoms with van der Waals surface area (Å²) in [4.78, 5) is 26.7. The number of carbonyl (C=O) groups excluding carboxylic acids is 1. The summed E-state index contributed by atoms with van der Waals surface area (Å²) in [6.45, 7) is 1.99. The zero-order valence-electron chi connectivity index (χ0n) is 12.0. The Labute approximate surface area is 128 Å². The molecule has 1 aromatic rings. The molecule has 0 saturated carbocycles. The Morgan fingerprint density at radius 3 is 2.95 bits per heavy atom. The molecular weight excluding hydrogens is 288 g/mol. The third-order valence-corrected chi connectivity index (χ3v) is 5.44. The van der Waals surface area contributed by atoms with Crippen molar-refractivity contribution in [3.05, 3.63) is 22.4 Å². The maximum absolute atomic E-state index is 12.4. The second-order valence-electron chi connectivity index (χ2n) is 6.02. The molecule has 2 aliphatic heterocycles. The molecule has 4 unspecified atom stereocenters. The Balaban J connectivity index is 1.60. The van der Waals surface area contributed by atoms with E-state index >= 15 is 0 Å². The number of fused-ring (bicyclic) bond motifs is 2. The van der Waals surface area contributed by atoms with E-state index in [2.05, 4.69) is 11.4 Å². The highest BCUT2D eigenvalue weighted by Gasteiger charge is 2.51. The number of carbonyl (C=O) groups is 2. The molecule has 3 heterocycles. The first-order chi connectivity index (χ1) is 10.1. The summed E-state index contributed by atoms with van der Waals surface area (Å²) in [7, 11) is 0. The lowest BCUT2D eigenvalue weighted by Gasteiger charge is -2.25. The highest BCUT2D eigenvalue weighted by atomic mass is 32.1. The van der Waals surface area contributed by atoms with Gasteiger partial charge in [-0.3, -0.25) is 4.79 Å². The molecule has 21 heavy (non-hydrogen) atoms. The first-order valence-corrected chi connectivity index (χ1v) is 8.28. The molecule has 1 aromatic heterocycles. The maximum Gasteiger partial charge on any atom is 0.318 e. The van der Waals surface area contributed by atoms with Gasteiger partial charge in [0.1, 0.15) is 0 Å². The Bertz CT molecular complexity index is 531. The SMILES string of the molecule is CC(Cc1cccs1)NC(=O)N1C2CCC1C(C(=O)O)C2. The summed E-state index contributed by atoms with van der Waals surface area (Å²) in [5.74, 6) is -1.16. The summed E-state index contributed by atoms with van der Waals surface area (Å²) < 4.78 is 0. The van der Waals surface area contributed by atoms with Gasteiger partial charge in [0.05, 0.1) is 5.92 Å². The van der Waals surface area contributed by atoms with E-state index < -0.39 is 5.97 Å². The van der Waals surface area contributed by atoms with Crippen LogP contribution >= 0.6 is 11.3 Å². The third kappa shape index (κ3) is 2.77. The van der Waals surface area contributed by atoms with Gasteiger partial charge in [-0.25, -0.2) is 4.79 Å². The molecule has 5 nitrogen and oxygen atoms in total. The monoisotopic (exact) mass is 308 g/mol. The summed E-state index contributed by atoms with van der Waals surface area (Å²) in [5, 5.41) is 14.3. The summed E-state index contributed by atoms with van der Waals surface area (Å²) >= 11 is 1.69. The van der Waals surface area contributed by atoms with E-state index in [-0.39, 0.29) is 30.1 Å². The van der Waals surface area contributed by atoms with Crippen LogP contribution in [-0.2, 0) is 11.2 Å². The molecule has 0 aliphatic carbocycles. The van der Waals surface area contributed by atoms with Crippen LogP contribution in [0, 0.1) is 5.92 Å². The van der Waals surface area contributed by atoms with Gasteiger partial charge >= 0.3 is 12.0 Å². The van der Waals surface area contributed by atoms with Crippen molar-refractivity contribution in [2.24, 2.45) is 5.92 Å². The van der Waals surface area contributed by atoms with Crippen LogP contribution < -0.4 is 5.32 Å². The van der Waals surface area contributed by atoms with E-state index in [0.717, 1.165) is 19.3 Å².